The standard InChI is InChI=1S/C12H18N2O4S2.ClH/c1-8-7-19-10(12(15)18-2)11(8)20(16,17)14-5-3-4-9(13)6-14;/h7,9H,3-6,13H2,1-2H3;1H/t9-;/m1./s1. The number of piperidine rings is 1. The highest BCUT2D eigenvalue weighted by atomic mass is 35.5. The number of nitrogens with two attached hydrogens (primary N) is 1. The third kappa shape index (κ3) is 3.57. The Labute approximate surface area is 134 Å². The van der Waals surface area contributed by atoms with Crippen molar-refractivity contribution in [3.63, 3.8) is 0 Å². The van der Waals surface area contributed by atoms with E-state index in [9.17, 15) is 13.2 Å². The average Bonchev–Trinajstić information content (AvgIpc) is 2.80. The number of halogens is 1. The Bertz CT molecular complexity index is 615. The van der Waals surface area contributed by atoms with E-state index in [0.717, 1.165) is 24.2 Å². The van der Waals surface area contributed by atoms with Crippen molar-refractivity contribution in [2.24, 2.45) is 5.73 Å². The van der Waals surface area contributed by atoms with Crippen molar-refractivity contribution in [1.82, 2.24) is 4.31 Å². The second-order valence-corrected chi connectivity index (χ2v) is 7.59. The number of rotatable bonds is 3. The molecule has 1 fully saturated rings. The molecule has 1 aliphatic heterocycles. The smallest absolute Gasteiger partial charge is 0.349 e. The van der Waals surface area contributed by atoms with Crippen molar-refractivity contribution in [3.05, 3.63) is 15.8 Å². The van der Waals surface area contributed by atoms with E-state index in [1.807, 2.05) is 0 Å². The van der Waals surface area contributed by atoms with Crippen LogP contribution in [-0.4, -0.2) is 44.9 Å². The molecule has 2 rings (SSSR count). The fourth-order valence-corrected chi connectivity index (χ4v) is 5.50. The van der Waals surface area contributed by atoms with Crippen molar-refractivity contribution in [2.45, 2.75) is 30.7 Å². The van der Waals surface area contributed by atoms with Gasteiger partial charge in [0.2, 0.25) is 10.0 Å². The monoisotopic (exact) mass is 354 g/mol. The minimum atomic E-state index is -3.71. The second kappa shape index (κ2) is 7.06. The Kier molecular flexibility index (Phi) is 6.18. The minimum absolute atomic E-state index is 0. The van der Waals surface area contributed by atoms with E-state index in [1.54, 1.807) is 12.3 Å². The molecule has 9 heteroatoms. The second-order valence-electron chi connectivity index (χ2n) is 4.83. The first-order valence-electron chi connectivity index (χ1n) is 6.30. The predicted molar refractivity (Wildman–Crippen MR) is 83.6 cm³/mol. The first-order chi connectivity index (χ1) is 9.37. The fraction of sp³-hybridized carbons (Fsp3) is 0.583. The Hall–Kier alpha value is -0.670. The maximum atomic E-state index is 12.7. The van der Waals surface area contributed by atoms with Crippen LogP contribution in [0, 0.1) is 6.92 Å². The van der Waals surface area contributed by atoms with Crippen molar-refractivity contribution in [3.8, 4) is 0 Å². The Balaban J connectivity index is 0.00000220. The number of methoxy groups -OCH3 is 1. The van der Waals surface area contributed by atoms with Crippen LogP contribution in [0.3, 0.4) is 0 Å². The maximum absolute atomic E-state index is 12.7. The lowest BCUT2D eigenvalue weighted by molar-refractivity contribution is 0.0602. The number of ether oxygens (including phenoxy) is 1. The van der Waals surface area contributed by atoms with Crippen molar-refractivity contribution < 1.29 is 17.9 Å². The minimum Gasteiger partial charge on any atom is -0.465 e. The summed E-state index contributed by atoms with van der Waals surface area (Å²) in [5, 5.41) is 1.66. The Morgan fingerprint density at radius 3 is 2.76 bits per heavy atom. The molecule has 1 atom stereocenters. The highest BCUT2D eigenvalue weighted by Gasteiger charge is 2.34. The van der Waals surface area contributed by atoms with E-state index in [-0.39, 0.29) is 34.8 Å². The van der Waals surface area contributed by atoms with Crippen LogP contribution in [0.1, 0.15) is 28.1 Å². The summed E-state index contributed by atoms with van der Waals surface area (Å²) in [4.78, 5) is 11.9. The Morgan fingerprint density at radius 1 is 1.52 bits per heavy atom. The van der Waals surface area contributed by atoms with Gasteiger partial charge in [0.25, 0.3) is 0 Å². The largest absolute Gasteiger partial charge is 0.465 e. The number of hydrogen-bond acceptors (Lipinski definition) is 6. The molecule has 0 radical (unpaired) electrons. The molecular formula is C12H19ClN2O4S2. The van der Waals surface area contributed by atoms with Gasteiger partial charge < -0.3 is 10.5 Å². The van der Waals surface area contributed by atoms with Gasteiger partial charge in [-0.15, -0.1) is 23.7 Å². The van der Waals surface area contributed by atoms with Gasteiger partial charge in [-0.05, 0) is 30.7 Å². The summed E-state index contributed by atoms with van der Waals surface area (Å²) in [6.45, 7) is 2.41. The normalized spacial score (nSPS) is 19.9. The average molecular weight is 355 g/mol. The number of aryl methyl sites for hydroxylation is 1. The highest BCUT2D eigenvalue weighted by molar-refractivity contribution is 7.89. The summed E-state index contributed by atoms with van der Waals surface area (Å²) in [7, 11) is -2.46. The molecule has 2 N–H and O–H groups in total. The summed E-state index contributed by atoms with van der Waals surface area (Å²) < 4.78 is 31.5. The molecule has 1 aromatic rings. The molecule has 0 saturated carbocycles. The number of thiophene rings is 1. The van der Waals surface area contributed by atoms with Gasteiger partial charge in [0.15, 0.2) is 0 Å². The molecule has 0 unspecified atom stereocenters. The molecule has 0 aromatic carbocycles. The summed E-state index contributed by atoms with van der Waals surface area (Å²) in [5.41, 5.74) is 6.41. The van der Waals surface area contributed by atoms with Crippen LogP contribution in [0.15, 0.2) is 10.3 Å². The zero-order chi connectivity index (χ0) is 14.9. The summed E-state index contributed by atoms with van der Waals surface area (Å²) >= 11 is 1.09. The summed E-state index contributed by atoms with van der Waals surface area (Å²) in [6, 6.07) is -0.154. The topological polar surface area (TPSA) is 89.7 Å². The molecule has 0 amide bonds. The van der Waals surface area contributed by atoms with Gasteiger partial charge in [-0.1, -0.05) is 0 Å². The van der Waals surface area contributed by atoms with Crippen LogP contribution in [0.2, 0.25) is 0 Å². The van der Waals surface area contributed by atoms with Crippen LogP contribution < -0.4 is 5.73 Å². The predicted octanol–water partition coefficient (Wildman–Crippen LogP) is 1.38. The lowest BCUT2D eigenvalue weighted by atomic mass is 10.1. The number of carbonyl (C=O) groups is 1. The van der Waals surface area contributed by atoms with Crippen LogP contribution in [0.5, 0.6) is 0 Å². The lowest BCUT2D eigenvalue weighted by Gasteiger charge is -2.30. The van der Waals surface area contributed by atoms with Gasteiger partial charge in [0.05, 0.1) is 7.11 Å². The molecule has 21 heavy (non-hydrogen) atoms. The van der Waals surface area contributed by atoms with Gasteiger partial charge >= 0.3 is 5.97 Å². The molecule has 1 aromatic heterocycles. The number of nitrogens with zero attached hydrogens (tertiary/aromatic N) is 1. The van der Waals surface area contributed by atoms with Gasteiger partial charge in [0, 0.05) is 19.1 Å². The SMILES string of the molecule is COC(=O)c1scc(C)c1S(=O)(=O)N1CCC[C@@H](N)C1.Cl. The number of esters is 1. The number of hydrogen-bond donors (Lipinski definition) is 1. The number of sulfonamides is 1. The first-order valence-corrected chi connectivity index (χ1v) is 8.62. The van der Waals surface area contributed by atoms with E-state index >= 15 is 0 Å². The van der Waals surface area contributed by atoms with Gasteiger partial charge in [-0.2, -0.15) is 4.31 Å². The van der Waals surface area contributed by atoms with E-state index in [2.05, 4.69) is 4.74 Å². The molecule has 2 heterocycles. The molecule has 6 nitrogen and oxygen atoms in total. The fourth-order valence-electron chi connectivity index (χ4n) is 2.31. The molecule has 0 spiro atoms. The zero-order valence-corrected chi connectivity index (χ0v) is 14.3. The molecule has 1 saturated heterocycles. The van der Waals surface area contributed by atoms with E-state index in [1.165, 1.54) is 11.4 Å². The first kappa shape index (κ1) is 18.4. The van der Waals surface area contributed by atoms with Crippen LogP contribution in [-0.2, 0) is 14.8 Å². The van der Waals surface area contributed by atoms with Crippen molar-refractivity contribution >= 4 is 39.7 Å². The molecule has 1 aliphatic rings. The van der Waals surface area contributed by atoms with Crippen LogP contribution >= 0.6 is 23.7 Å². The van der Waals surface area contributed by atoms with E-state index < -0.39 is 16.0 Å². The summed E-state index contributed by atoms with van der Waals surface area (Å²) in [6.07, 6.45) is 1.55. The highest BCUT2D eigenvalue weighted by Crippen LogP contribution is 2.31. The quantitative estimate of drug-likeness (QED) is 0.828. The molecular weight excluding hydrogens is 336 g/mol. The summed E-state index contributed by atoms with van der Waals surface area (Å²) in [5.74, 6) is -0.622. The van der Waals surface area contributed by atoms with E-state index in [0.29, 0.717) is 12.1 Å². The maximum Gasteiger partial charge on any atom is 0.349 e. The molecule has 0 bridgehead atoms. The Morgan fingerprint density at radius 2 is 2.19 bits per heavy atom. The third-order valence-electron chi connectivity index (χ3n) is 3.31. The van der Waals surface area contributed by atoms with Gasteiger partial charge in [-0.3, -0.25) is 0 Å². The van der Waals surface area contributed by atoms with Gasteiger partial charge in [0.1, 0.15) is 9.77 Å². The molecule has 0 aliphatic carbocycles. The van der Waals surface area contributed by atoms with Crippen LogP contribution in [0.25, 0.3) is 0 Å². The van der Waals surface area contributed by atoms with Gasteiger partial charge in [-0.25, -0.2) is 13.2 Å². The molecule has 120 valence electrons. The lowest BCUT2D eigenvalue weighted by Crippen LogP contribution is -2.45. The van der Waals surface area contributed by atoms with E-state index in [4.69, 9.17) is 5.73 Å². The zero-order valence-electron chi connectivity index (χ0n) is 11.9. The number of carbonyl (C=O) groups excluding carboxylic acids is 1. The van der Waals surface area contributed by atoms with Crippen LogP contribution in [0.4, 0.5) is 0 Å². The van der Waals surface area contributed by atoms with Crippen molar-refractivity contribution in [1.29, 1.82) is 0 Å². The third-order valence-corrected chi connectivity index (χ3v) is 6.57. The van der Waals surface area contributed by atoms with Crippen molar-refractivity contribution in [2.75, 3.05) is 20.2 Å².